The van der Waals surface area contributed by atoms with E-state index in [1.54, 1.807) is 13.0 Å². The predicted molar refractivity (Wildman–Crippen MR) is 103 cm³/mol. The standard InChI is InChI=1S/C20H19N3O7/c1-11-9-14(12(2)21(11)3)16(24)10-30-17(25)7-8-22-19(26)13-5-4-6-15(23(28)29)18(13)20(22)27/h4-6,9H,7-8,10H2,1-3H3. The van der Waals surface area contributed by atoms with Gasteiger partial charge in [0.2, 0.25) is 5.78 Å². The number of aryl methyl sites for hydroxylation is 1. The molecule has 0 aliphatic carbocycles. The van der Waals surface area contributed by atoms with Crippen molar-refractivity contribution in [3.05, 3.63) is 62.5 Å². The minimum atomic E-state index is -0.832. The van der Waals surface area contributed by atoms with Crippen LogP contribution in [0.4, 0.5) is 5.69 Å². The summed E-state index contributed by atoms with van der Waals surface area (Å²) in [4.78, 5) is 60.3. The Morgan fingerprint density at radius 2 is 1.87 bits per heavy atom. The Hall–Kier alpha value is -3.82. The van der Waals surface area contributed by atoms with Crippen molar-refractivity contribution in [1.82, 2.24) is 9.47 Å². The Kier molecular flexibility index (Phi) is 5.50. The first kappa shape index (κ1) is 20.9. The number of fused-ring (bicyclic) bond motifs is 1. The first-order valence-corrected chi connectivity index (χ1v) is 9.08. The quantitative estimate of drug-likeness (QED) is 0.223. The predicted octanol–water partition coefficient (Wildman–Crippen LogP) is 1.96. The molecule has 1 aromatic carbocycles. The summed E-state index contributed by atoms with van der Waals surface area (Å²) in [5.74, 6) is -2.67. The minimum Gasteiger partial charge on any atom is -0.457 e. The number of ether oxygens (including phenoxy) is 1. The van der Waals surface area contributed by atoms with Crippen LogP contribution in [0, 0.1) is 24.0 Å². The van der Waals surface area contributed by atoms with Crippen molar-refractivity contribution in [3.63, 3.8) is 0 Å². The molecule has 10 heteroatoms. The maximum absolute atomic E-state index is 12.5. The van der Waals surface area contributed by atoms with Crippen molar-refractivity contribution >= 4 is 29.3 Å². The summed E-state index contributed by atoms with van der Waals surface area (Å²) in [5.41, 5.74) is 1.27. The van der Waals surface area contributed by atoms with Gasteiger partial charge in [0.05, 0.1) is 16.9 Å². The van der Waals surface area contributed by atoms with Gasteiger partial charge in [0, 0.05) is 36.6 Å². The summed E-state index contributed by atoms with van der Waals surface area (Å²) in [6.45, 7) is 2.86. The number of hydrogen-bond acceptors (Lipinski definition) is 7. The highest BCUT2D eigenvalue weighted by Crippen LogP contribution is 2.30. The van der Waals surface area contributed by atoms with E-state index in [1.807, 2.05) is 18.5 Å². The van der Waals surface area contributed by atoms with E-state index < -0.39 is 35.0 Å². The second-order valence-electron chi connectivity index (χ2n) is 6.90. The van der Waals surface area contributed by atoms with Crippen molar-refractivity contribution in [2.24, 2.45) is 7.05 Å². The summed E-state index contributed by atoms with van der Waals surface area (Å²) in [6.07, 6.45) is -0.334. The number of carbonyl (C=O) groups is 4. The van der Waals surface area contributed by atoms with E-state index in [9.17, 15) is 29.3 Å². The molecule has 2 heterocycles. The van der Waals surface area contributed by atoms with Crippen LogP contribution >= 0.6 is 0 Å². The number of nitrogens with zero attached hydrogens (tertiary/aromatic N) is 3. The van der Waals surface area contributed by atoms with Crippen LogP contribution in [0.5, 0.6) is 0 Å². The molecule has 0 atom stereocenters. The van der Waals surface area contributed by atoms with Crippen molar-refractivity contribution in [2.45, 2.75) is 20.3 Å². The van der Waals surface area contributed by atoms with Crippen LogP contribution in [0.25, 0.3) is 0 Å². The number of imide groups is 1. The van der Waals surface area contributed by atoms with Crippen molar-refractivity contribution < 1.29 is 28.8 Å². The molecule has 0 saturated heterocycles. The fraction of sp³-hybridized carbons (Fsp3) is 0.300. The highest BCUT2D eigenvalue weighted by Gasteiger charge is 2.40. The van der Waals surface area contributed by atoms with Crippen LogP contribution in [0.2, 0.25) is 0 Å². The number of nitro benzene ring substituents is 1. The minimum absolute atomic E-state index is 0.0762. The van der Waals surface area contributed by atoms with E-state index in [1.165, 1.54) is 12.1 Å². The van der Waals surface area contributed by atoms with E-state index in [0.717, 1.165) is 22.4 Å². The monoisotopic (exact) mass is 413 g/mol. The van der Waals surface area contributed by atoms with Gasteiger partial charge in [-0.3, -0.25) is 34.2 Å². The lowest BCUT2D eigenvalue weighted by atomic mass is 10.1. The summed E-state index contributed by atoms with van der Waals surface area (Å²) in [6, 6.07) is 5.49. The average Bonchev–Trinajstić information content (AvgIpc) is 3.12. The Morgan fingerprint density at radius 3 is 2.47 bits per heavy atom. The third-order valence-electron chi connectivity index (χ3n) is 5.15. The van der Waals surface area contributed by atoms with Gasteiger partial charge in [-0.1, -0.05) is 6.07 Å². The molecule has 3 rings (SSSR count). The third-order valence-corrected chi connectivity index (χ3v) is 5.15. The molecule has 0 fully saturated rings. The maximum atomic E-state index is 12.5. The Bertz CT molecular complexity index is 1100. The van der Waals surface area contributed by atoms with Gasteiger partial charge in [0.1, 0.15) is 5.56 Å². The number of esters is 1. The summed E-state index contributed by atoms with van der Waals surface area (Å²) >= 11 is 0. The van der Waals surface area contributed by atoms with Crippen molar-refractivity contribution in [2.75, 3.05) is 13.2 Å². The highest BCUT2D eigenvalue weighted by molar-refractivity contribution is 6.23. The number of Topliss-reactive ketones (excluding diaryl/α,β-unsaturated/α-hetero) is 1. The number of carbonyl (C=O) groups excluding carboxylic acids is 4. The average molecular weight is 413 g/mol. The van der Waals surface area contributed by atoms with Crippen LogP contribution in [0.15, 0.2) is 24.3 Å². The Morgan fingerprint density at radius 1 is 1.17 bits per heavy atom. The molecule has 156 valence electrons. The van der Waals surface area contributed by atoms with Gasteiger partial charge < -0.3 is 9.30 Å². The Labute approximate surface area is 171 Å². The molecule has 1 aliphatic heterocycles. The summed E-state index contributed by atoms with van der Waals surface area (Å²) in [7, 11) is 1.82. The molecule has 0 unspecified atom stereocenters. The number of nitro groups is 1. The lowest BCUT2D eigenvalue weighted by molar-refractivity contribution is -0.385. The van der Waals surface area contributed by atoms with Crippen molar-refractivity contribution in [3.8, 4) is 0 Å². The van der Waals surface area contributed by atoms with Gasteiger partial charge in [-0.25, -0.2) is 0 Å². The number of hydrogen-bond donors (Lipinski definition) is 0. The topological polar surface area (TPSA) is 129 Å². The molecule has 0 saturated carbocycles. The molecule has 30 heavy (non-hydrogen) atoms. The van der Waals surface area contributed by atoms with Crippen LogP contribution in [-0.4, -0.2) is 51.1 Å². The normalized spacial score (nSPS) is 12.8. The smallest absolute Gasteiger partial charge is 0.308 e. The molecular formula is C20H19N3O7. The van der Waals surface area contributed by atoms with Crippen LogP contribution in [-0.2, 0) is 16.6 Å². The first-order chi connectivity index (χ1) is 14.1. The van der Waals surface area contributed by atoms with E-state index in [0.29, 0.717) is 5.56 Å². The van der Waals surface area contributed by atoms with E-state index >= 15 is 0 Å². The number of rotatable bonds is 7. The molecule has 2 amide bonds. The highest BCUT2D eigenvalue weighted by atomic mass is 16.6. The zero-order valence-corrected chi connectivity index (χ0v) is 16.6. The first-order valence-electron chi connectivity index (χ1n) is 9.08. The van der Waals surface area contributed by atoms with Gasteiger partial charge in [-0.05, 0) is 26.0 Å². The van der Waals surface area contributed by atoms with E-state index in [2.05, 4.69) is 0 Å². The third kappa shape index (κ3) is 3.59. The van der Waals surface area contributed by atoms with Crippen molar-refractivity contribution in [1.29, 1.82) is 0 Å². The van der Waals surface area contributed by atoms with Gasteiger partial charge in [0.25, 0.3) is 17.5 Å². The summed E-state index contributed by atoms with van der Waals surface area (Å²) in [5, 5.41) is 11.1. The second kappa shape index (κ2) is 7.90. The van der Waals surface area contributed by atoms with Crippen LogP contribution < -0.4 is 0 Å². The van der Waals surface area contributed by atoms with Gasteiger partial charge >= 0.3 is 5.97 Å². The lowest BCUT2D eigenvalue weighted by Gasteiger charge is -2.13. The Balaban J connectivity index is 1.60. The summed E-state index contributed by atoms with van der Waals surface area (Å²) < 4.78 is 6.82. The van der Waals surface area contributed by atoms with E-state index in [-0.39, 0.29) is 29.9 Å². The number of ketones is 1. The van der Waals surface area contributed by atoms with Crippen LogP contribution in [0.1, 0.15) is 48.9 Å². The molecule has 1 aromatic heterocycles. The SMILES string of the molecule is Cc1cc(C(=O)COC(=O)CCN2C(=O)c3cccc([N+](=O)[O-])c3C2=O)c(C)n1C. The fourth-order valence-corrected chi connectivity index (χ4v) is 3.31. The molecule has 10 nitrogen and oxygen atoms in total. The number of benzene rings is 1. The van der Waals surface area contributed by atoms with Crippen LogP contribution in [0.3, 0.4) is 0 Å². The molecule has 1 aliphatic rings. The molecule has 2 aromatic rings. The molecule has 0 spiro atoms. The molecular weight excluding hydrogens is 394 g/mol. The second-order valence-corrected chi connectivity index (χ2v) is 6.90. The zero-order chi connectivity index (χ0) is 22.2. The van der Waals surface area contributed by atoms with Gasteiger partial charge in [0.15, 0.2) is 6.61 Å². The lowest BCUT2D eigenvalue weighted by Crippen LogP contribution is -2.32. The zero-order valence-electron chi connectivity index (χ0n) is 16.6. The van der Waals surface area contributed by atoms with Gasteiger partial charge in [-0.2, -0.15) is 0 Å². The molecule has 0 radical (unpaired) electrons. The number of aromatic nitrogens is 1. The number of amides is 2. The largest absolute Gasteiger partial charge is 0.457 e. The van der Waals surface area contributed by atoms with E-state index in [4.69, 9.17) is 4.74 Å². The molecule has 0 bridgehead atoms. The maximum Gasteiger partial charge on any atom is 0.308 e. The fourth-order valence-electron chi connectivity index (χ4n) is 3.31. The van der Waals surface area contributed by atoms with Gasteiger partial charge in [-0.15, -0.1) is 0 Å². The molecule has 0 N–H and O–H groups in total.